The van der Waals surface area contributed by atoms with Crippen molar-refractivity contribution < 1.29 is 23.2 Å². The highest BCUT2D eigenvalue weighted by atomic mass is 19.1. The smallest absolute Gasteiger partial charge is 0.325 e. The van der Waals surface area contributed by atoms with Crippen LogP contribution < -0.4 is 0 Å². The number of esters is 1. The van der Waals surface area contributed by atoms with Gasteiger partial charge >= 0.3 is 5.97 Å². The Labute approximate surface area is 151 Å². The minimum atomic E-state index is -0.451. The van der Waals surface area contributed by atoms with Crippen molar-refractivity contribution in [1.29, 1.82) is 0 Å². The lowest BCUT2D eigenvalue weighted by Gasteiger charge is -2.25. The number of rotatable bonds is 8. The van der Waals surface area contributed by atoms with Gasteiger partial charge in [-0.15, -0.1) is 0 Å². The van der Waals surface area contributed by atoms with E-state index in [4.69, 9.17) is 4.52 Å². The predicted octanol–water partition coefficient (Wildman–Crippen LogP) is 2.61. The summed E-state index contributed by atoms with van der Waals surface area (Å²) < 4.78 is 22.7. The fraction of sp³-hybridized carbons (Fsp3) is 0.444. The minimum Gasteiger partial charge on any atom is -0.468 e. The highest BCUT2D eigenvalue weighted by Gasteiger charge is 2.20. The molecule has 0 aliphatic carbocycles. The van der Waals surface area contributed by atoms with Crippen LogP contribution in [0, 0.1) is 5.82 Å². The van der Waals surface area contributed by atoms with Gasteiger partial charge in [0.05, 0.1) is 7.11 Å². The van der Waals surface area contributed by atoms with Gasteiger partial charge < -0.3 is 14.2 Å². The first-order chi connectivity index (χ1) is 12.4. The summed E-state index contributed by atoms with van der Waals surface area (Å²) in [7, 11) is 1.29. The highest BCUT2D eigenvalue weighted by molar-refractivity contribution is 5.82. The van der Waals surface area contributed by atoms with Crippen molar-refractivity contribution in [3.63, 3.8) is 0 Å². The third-order valence-electron chi connectivity index (χ3n) is 3.82. The molecule has 0 unspecified atom stereocenters. The molecule has 0 aliphatic heterocycles. The van der Waals surface area contributed by atoms with E-state index >= 15 is 0 Å². The molecule has 1 amide bonds. The van der Waals surface area contributed by atoms with E-state index < -0.39 is 5.97 Å². The molecule has 0 atom stereocenters. The summed E-state index contributed by atoms with van der Waals surface area (Å²) >= 11 is 0. The van der Waals surface area contributed by atoms with Crippen LogP contribution in [0.2, 0.25) is 0 Å². The van der Waals surface area contributed by atoms with Crippen molar-refractivity contribution in [2.75, 3.05) is 13.7 Å². The number of ether oxygens (including phenoxy) is 1. The standard InChI is InChI=1S/C18H22FN3O4/c1-12(2)22(11-17(24)25-3)16(23)6-4-5-15-20-18(21-26-15)13-7-9-14(19)10-8-13/h7-10,12H,4-6,11H2,1-3H3. The van der Waals surface area contributed by atoms with E-state index in [9.17, 15) is 14.0 Å². The minimum absolute atomic E-state index is 0.0672. The fourth-order valence-electron chi connectivity index (χ4n) is 2.37. The third kappa shape index (κ3) is 5.37. The number of hydrogen-bond donors (Lipinski definition) is 0. The zero-order valence-corrected chi connectivity index (χ0v) is 15.1. The Hall–Kier alpha value is -2.77. The van der Waals surface area contributed by atoms with Gasteiger partial charge in [-0.2, -0.15) is 4.98 Å². The van der Waals surface area contributed by atoms with Crippen molar-refractivity contribution in [2.45, 2.75) is 39.2 Å². The number of nitrogens with zero attached hydrogens (tertiary/aromatic N) is 3. The first-order valence-electron chi connectivity index (χ1n) is 8.35. The molecule has 0 spiro atoms. The number of halogens is 1. The number of carbonyl (C=O) groups is 2. The lowest BCUT2D eigenvalue weighted by molar-refractivity contribution is -0.148. The Morgan fingerprint density at radius 1 is 1.27 bits per heavy atom. The predicted molar refractivity (Wildman–Crippen MR) is 91.5 cm³/mol. The maximum atomic E-state index is 12.9. The molecule has 0 fully saturated rings. The van der Waals surface area contributed by atoms with Crippen LogP contribution in [0.3, 0.4) is 0 Å². The second-order valence-electron chi connectivity index (χ2n) is 6.06. The van der Waals surface area contributed by atoms with E-state index in [0.717, 1.165) is 0 Å². The molecular formula is C18H22FN3O4. The number of amides is 1. The fourth-order valence-corrected chi connectivity index (χ4v) is 2.37. The van der Waals surface area contributed by atoms with Crippen LogP contribution in [0.4, 0.5) is 4.39 Å². The maximum Gasteiger partial charge on any atom is 0.325 e. The second-order valence-corrected chi connectivity index (χ2v) is 6.06. The van der Waals surface area contributed by atoms with Crippen molar-refractivity contribution in [3.05, 3.63) is 36.0 Å². The number of hydrogen-bond acceptors (Lipinski definition) is 6. The second kappa shape index (κ2) is 9.07. The van der Waals surface area contributed by atoms with E-state index in [2.05, 4.69) is 14.9 Å². The number of aromatic nitrogens is 2. The van der Waals surface area contributed by atoms with Crippen molar-refractivity contribution in [2.24, 2.45) is 0 Å². The van der Waals surface area contributed by atoms with Crippen molar-refractivity contribution >= 4 is 11.9 Å². The van der Waals surface area contributed by atoms with Gasteiger partial charge in [-0.3, -0.25) is 9.59 Å². The molecule has 1 heterocycles. The van der Waals surface area contributed by atoms with E-state index in [1.54, 1.807) is 12.1 Å². The molecule has 8 heteroatoms. The van der Waals surface area contributed by atoms with Crippen LogP contribution in [0.5, 0.6) is 0 Å². The van der Waals surface area contributed by atoms with Crippen molar-refractivity contribution in [3.8, 4) is 11.4 Å². The number of benzene rings is 1. The van der Waals surface area contributed by atoms with Gasteiger partial charge in [0.25, 0.3) is 0 Å². The summed E-state index contributed by atoms with van der Waals surface area (Å²) in [6, 6.07) is 5.69. The zero-order chi connectivity index (χ0) is 19.1. The molecule has 2 rings (SSSR count). The topological polar surface area (TPSA) is 85.5 Å². The maximum absolute atomic E-state index is 12.9. The van der Waals surface area contributed by atoms with Crippen LogP contribution in [0.15, 0.2) is 28.8 Å². The van der Waals surface area contributed by atoms with Gasteiger partial charge in [-0.05, 0) is 44.5 Å². The Morgan fingerprint density at radius 2 is 1.96 bits per heavy atom. The lowest BCUT2D eigenvalue weighted by atomic mass is 10.2. The summed E-state index contributed by atoms with van der Waals surface area (Å²) in [6.07, 6.45) is 1.20. The first-order valence-corrected chi connectivity index (χ1v) is 8.35. The zero-order valence-electron chi connectivity index (χ0n) is 15.1. The molecule has 1 aromatic carbocycles. The number of methoxy groups -OCH3 is 1. The van der Waals surface area contributed by atoms with E-state index in [1.807, 2.05) is 13.8 Å². The van der Waals surface area contributed by atoms with Crippen LogP contribution in [-0.2, 0) is 20.7 Å². The number of aryl methyl sites for hydroxylation is 1. The van der Waals surface area contributed by atoms with E-state index in [1.165, 1.54) is 24.1 Å². The molecular weight excluding hydrogens is 341 g/mol. The largest absolute Gasteiger partial charge is 0.468 e. The van der Waals surface area contributed by atoms with Crippen LogP contribution >= 0.6 is 0 Å². The van der Waals surface area contributed by atoms with Gasteiger partial charge in [0.15, 0.2) is 0 Å². The highest BCUT2D eigenvalue weighted by Crippen LogP contribution is 2.17. The Kier molecular flexibility index (Phi) is 6.82. The summed E-state index contributed by atoms with van der Waals surface area (Å²) in [5.41, 5.74) is 0.654. The van der Waals surface area contributed by atoms with Crippen LogP contribution in [-0.4, -0.2) is 46.6 Å². The molecule has 26 heavy (non-hydrogen) atoms. The van der Waals surface area contributed by atoms with Gasteiger partial charge in [-0.25, -0.2) is 4.39 Å². The Bertz CT molecular complexity index is 743. The number of carbonyl (C=O) groups excluding carboxylic acids is 2. The normalized spacial score (nSPS) is 10.8. The van der Waals surface area contributed by atoms with Gasteiger partial charge in [0.2, 0.25) is 17.6 Å². The SMILES string of the molecule is COC(=O)CN(C(=O)CCCc1nc(-c2ccc(F)cc2)no1)C(C)C. The molecule has 0 bridgehead atoms. The molecule has 0 radical (unpaired) electrons. The Balaban J connectivity index is 1.88. The molecule has 0 saturated heterocycles. The van der Waals surface area contributed by atoms with E-state index in [0.29, 0.717) is 30.1 Å². The van der Waals surface area contributed by atoms with Crippen molar-refractivity contribution in [1.82, 2.24) is 15.0 Å². The molecule has 0 N–H and O–H groups in total. The molecule has 1 aromatic heterocycles. The van der Waals surface area contributed by atoms with Gasteiger partial charge in [0, 0.05) is 24.4 Å². The average Bonchev–Trinajstić information content (AvgIpc) is 3.08. The Morgan fingerprint density at radius 3 is 2.58 bits per heavy atom. The monoisotopic (exact) mass is 363 g/mol. The lowest BCUT2D eigenvalue weighted by Crippen LogP contribution is -2.41. The summed E-state index contributed by atoms with van der Waals surface area (Å²) in [6.45, 7) is 3.61. The molecule has 2 aromatic rings. The molecule has 0 saturated carbocycles. The summed E-state index contributed by atoms with van der Waals surface area (Å²) in [5.74, 6) is -0.142. The van der Waals surface area contributed by atoms with Gasteiger partial charge in [-0.1, -0.05) is 5.16 Å². The summed E-state index contributed by atoms with van der Waals surface area (Å²) in [4.78, 5) is 29.4. The molecule has 7 nitrogen and oxygen atoms in total. The van der Waals surface area contributed by atoms with Gasteiger partial charge in [0.1, 0.15) is 12.4 Å². The first kappa shape index (κ1) is 19.6. The van der Waals surface area contributed by atoms with Crippen LogP contribution in [0.25, 0.3) is 11.4 Å². The average molecular weight is 363 g/mol. The van der Waals surface area contributed by atoms with Crippen LogP contribution in [0.1, 0.15) is 32.6 Å². The van der Waals surface area contributed by atoms with E-state index in [-0.39, 0.29) is 30.7 Å². The molecule has 0 aliphatic rings. The quantitative estimate of drug-likeness (QED) is 0.670. The summed E-state index contributed by atoms with van der Waals surface area (Å²) in [5, 5.41) is 3.86. The molecule has 140 valence electrons. The third-order valence-corrected chi connectivity index (χ3v) is 3.82.